The minimum absolute atomic E-state index is 0.0766. The highest BCUT2D eigenvalue weighted by atomic mass is 35.5. The lowest BCUT2D eigenvalue weighted by molar-refractivity contribution is -0.187. The highest BCUT2D eigenvalue weighted by Gasteiger charge is 2.49. The van der Waals surface area contributed by atoms with Gasteiger partial charge in [-0.3, -0.25) is 0 Å². The first-order valence-electron chi connectivity index (χ1n) is 6.60. The Labute approximate surface area is 133 Å². The van der Waals surface area contributed by atoms with E-state index in [0.29, 0.717) is 12.0 Å². The van der Waals surface area contributed by atoms with Crippen LogP contribution in [0.3, 0.4) is 0 Å². The number of hydrogen-bond donors (Lipinski definition) is 1. The van der Waals surface area contributed by atoms with E-state index in [0.717, 1.165) is 6.08 Å². The van der Waals surface area contributed by atoms with Gasteiger partial charge in [0.05, 0.1) is 11.8 Å². The standard InChI is InChI=1S/C15H10ClF3O4/c16-9-3-4-10-7(12(9)11-2-1-5-22-11)6-8(14(20)21)13(23-10)15(17,18)19/h1,3-6,11,13H,2H2,(H,20,21). The van der Waals surface area contributed by atoms with Crippen molar-refractivity contribution in [1.29, 1.82) is 0 Å². The lowest BCUT2D eigenvalue weighted by Gasteiger charge is -2.29. The van der Waals surface area contributed by atoms with Crippen LogP contribution in [-0.4, -0.2) is 23.4 Å². The van der Waals surface area contributed by atoms with Crippen molar-refractivity contribution in [3.8, 4) is 5.75 Å². The smallest absolute Gasteiger partial charge is 0.430 e. The molecule has 0 radical (unpaired) electrons. The minimum Gasteiger partial charge on any atom is -0.493 e. The molecule has 122 valence electrons. The Morgan fingerprint density at radius 2 is 2.09 bits per heavy atom. The number of fused-ring (bicyclic) bond motifs is 1. The lowest BCUT2D eigenvalue weighted by Crippen LogP contribution is -2.40. The van der Waals surface area contributed by atoms with Crippen LogP contribution in [0, 0.1) is 0 Å². The summed E-state index contributed by atoms with van der Waals surface area (Å²) in [4.78, 5) is 11.2. The number of benzene rings is 1. The third-order valence-corrected chi connectivity index (χ3v) is 3.91. The van der Waals surface area contributed by atoms with Gasteiger partial charge in [-0.05, 0) is 24.3 Å². The van der Waals surface area contributed by atoms with Crippen LogP contribution in [-0.2, 0) is 9.53 Å². The molecule has 0 spiro atoms. The zero-order valence-corrected chi connectivity index (χ0v) is 12.2. The first-order chi connectivity index (χ1) is 10.8. The lowest BCUT2D eigenvalue weighted by atomic mass is 9.94. The second kappa shape index (κ2) is 5.49. The molecule has 8 heteroatoms. The molecule has 0 aliphatic carbocycles. The predicted molar refractivity (Wildman–Crippen MR) is 75.1 cm³/mol. The SMILES string of the molecule is O=C(O)C1=Cc2c(ccc(Cl)c2C2CC=CO2)OC1C(F)(F)F. The van der Waals surface area contributed by atoms with Crippen molar-refractivity contribution in [2.45, 2.75) is 24.8 Å². The van der Waals surface area contributed by atoms with Crippen LogP contribution in [0.5, 0.6) is 5.75 Å². The molecule has 2 aliphatic heterocycles. The number of hydrogen-bond acceptors (Lipinski definition) is 3. The predicted octanol–water partition coefficient (Wildman–Crippen LogP) is 4.11. The molecule has 1 aromatic carbocycles. The average molecular weight is 347 g/mol. The molecule has 0 aromatic heterocycles. The van der Waals surface area contributed by atoms with E-state index >= 15 is 0 Å². The Morgan fingerprint density at radius 1 is 1.35 bits per heavy atom. The summed E-state index contributed by atoms with van der Waals surface area (Å²) in [6, 6.07) is 2.70. The first kappa shape index (κ1) is 15.7. The van der Waals surface area contributed by atoms with Gasteiger partial charge in [0.25, 0.3) is 0 Å². The van der Waals surface area contributed by atoms with Crippen molar-refractivity contribution in [3.05, 3.63) is 46.2 Å². The fourth-order valence-electron chi connectivity index (χ4n) is 2.58. The largest absolute Gasteiger partial charge is 0.493 e. The van der Waals surface area contributed by atoms with Crippen molar-refractivity contribution in [2.24, 2.45) is 0 Å². The molecule has 0 fully saturated rings. The van der Waals surface area contributed by atoms with E-state index in [1.54, 1.807) is 6.08 Å². The molecule has 4 nitrogen and oxygen atoms in total. The van der Waals surface area contributed by atoms with E-state index in [1.807, 2.05) is 0 Å². The second-order valence-electron chi connectivity index (χ2n) is 5.05. The van der Waals surface area contributed by atoms with Crippen LogP contribution >= 0.6 is 11.6 Å². The minimum atomic E-state index is -4.84. The number of carbonyl (C=O) groups is 1. The molecule has 3 rings (SSSR count). The third-order valence-electron chi connectivity index (χ3n) is 3.58. The normalized spacial score (nSPS) is 22.9. The van der Waals surface area contributed by atoms with Crippen LogP contribution in [0.25, 0.3) is 6.08 Å². The molecule has 0 saturated carbocycles. The fourth-order valence-corrected chi connectivity index (χ4v) is 2.86. The van der Waals surface area contributed by atoms with Gasteiger partial charge in [0.2, 0.25) is 6.10 Å². The summed E-state index contributed by atoms with van der Waals surface area (Å²) in [5.74, 6) is -1.78. The number of rotatable bonds is 2. The van der Waals surface area contributed by atoms with Crippen molar-refractivity contribution >= 4 is 23.6 Å². The number of aliphatic carboxylic acids is 1. The summed E-state index contributed by atoms with van der Waals surface area (Å²) in [5.41, 5.74) is -0.280. The van der Waals surface area contributed by atoms with Crippen molar-refractivity contribution < 1.29 is 32.5 Å². The molecule has 1 aromatic rings. The van der Waals surface area contributed by atoms with E-state index in [4.69, 9.17) is 26.2 Å². The van der Waals surface area contributed by atoms with E-state index in [1.165, 1.54) is 18.4 Å². The van der Waals surface area contributed by atoms with Gasteiger partial charge in [-0.15, -0.1) is 0 Å². The monoisotopic (exact) mass is 346 g/mol. The zero-order chi connectivity index (χ0) is 16.8. The maximum absolute atomic E-state index is 13.0. The van der Waals surface area contributed by atoms with Crippen molar-refractivity contribution in [1.82, 2.24) is 0 Å². The van der Waals surface area contributed by atoms with Crippen LogP contribution in [0.2, 0.25) is 5.02 Å². The molecule has 23 heavy (non-hydrogen) atoms. The molecule has 0 bridgehead atoms. The van der Waals surface area contributed by atoms with Crippen LogP contribution in [0.1, 0.15) is 23.7 Å². The Bertz CT molecular complexity index is 716. The van der Waals surface area contributed by atoms with Crippen LogP contribution in [0.4, 0.5) is 13.2 Å². The highest BCUT2D eigenvalue weighted by Crippen LogP contribution is 2.44. The van der Waals surface area contributed by atoms with Gasteiger partial charge in [-0.1, -0.05) is 11.6 Å². The maximum atomic E-state index is 13.0. The van der Waals surface area contributed by atoms with E-state index < -0.39 is 29.9 Å². The molecule has 0 amide bonds. The van der Waals surface area contributed by atoms with Gasteiger partial charge in [-0.25, -0.2) is 4.79 Å². The van der Waals surface area contributed by atoms with Gasteiger partial charge < -0.3 is 14.6 Å². The van der Waals surface area contributed by atoms with E-state index in [2.05, 4.69) is 0 Å². The van der Waals surface area contributed by atoms with Crippen molar-refractivity contribution in [2.75, 3.05) is 0 Å². The van der Waals surface area contributed by atoms with E-state index in [-0.39, 0.29) is 16.3 Å². The molecule has 2 heterocycles. The van der Waals surface area contributed by atoms with E-state index in [9.17, 15) is 18.0 Å². The number of carboxylic acid groups (broad SMARTS) is 1. The summed E-state index contributed by atoms with van der Waals surface area (Å²) in [6.07, 6.45) is -3.21. The molecular formula is C15H10ClF3O4. The third kappa shape index (κ3) is 2.76. The zero-order valence-electron chi connectivity index (χ0n) is 11.4. The van der Waals surface area contributed by atoms with Crippen LogP contribution in [0.15, 0.2) is 30.0 Å². The summed E-state index contributed by atoms with van der Waals surface area (Å²) in [6.45, 7) is 0. The summed E-state index contributed by atoms with van der Waals surface area (Å²) in [5, 5.41) is 9.37. The Kier molecular flexibility index (Phi) is 3.75. The molecule has 2 aliphatic rings. The summed E-state index contributed by atoms with van der Waals surface area (Å²) >= 11 is 6.13. The van der Waals surface area contributed by atoms with Crippen molar-refractivity contribution in [3.63, 3.8) is 0 Å². The van der Waals surface area contributed by atoms with Gasteiger partial charge in [0, 0.05) is 22.6 Å². The second-order valence-corrected chi connectivity index (χ2v) is 5.46. The average Bonchev–Trinajstić information content (AvgIpc) is 2.98. The Balaban J connectivity index is 2.15. The van der Waals surface area contributed by atoms with Crippen LogP contribution < -0.4 is 4.74 Å². The summed E-state index contributed by atoms with van der Waals surface area (Å²) < 4.78 is 49.4. The molecule has 2 atom stereocenters. The summed E-state index contributed by atoms with van der Waals surface area (Å²) in [7, 11) is 0. The molecule has 1 N–H and O–H groups in total. The topological polar surface area (TPSA) is 55.8 Å². The molecule has 2 unspecified atom stereocenters. The number of alkyl halides is 3. The van der Waals surface area contributed by atoms with Gasteiger partial charge in [-0.2, -0.15) is 13.2 Å². The first-order valence-corrected chi connectivity index (χ1v) is 6.98. The molecule has 0 saturated heterocycles. The maximum Gasteiger partial charge on any atom is 0.430 e. The number of halogens is 4. The fraction of sp³-hybridized carbons (Fsp3) is 0.267. The highest BCUT2D eigenvalue weighted by molar-refractivity contribution is 6.31. The Morgan fingerprint density at radius 3 is 2.65 bits per heavy atom. The molecular weight excluding hydrogens is 337 g/mol. The van der Waals surface area contributed by atoms with Gasteiger partial charge >= 0.3 is 12.1 Å². The van der Waals surface area contributed by atoms with Gasteiger partial charge in [0.1, 0.15) is 11.9 Å². The number of ether oxygens (including phenoxy) is 2. The van der Waals surface area contributed by atoms with Gasteiger partial charge in [0.15, 0.2) is 0 Å². The Hall–Kier alpha value is -2.15. The number of carboxylic acids is 1. The quantitative estimate of drug-likeness (QED) is 0.875.